The minimum absolute atomic E-state index is 0.725. The molecule has 2 atom stereocenters. The first-order chi connectivity index (χ1) is 6.74. The Morgan fingerprint density at radius 2 is 1.93 bits per heavy atom. The third-order valence-corrected chi connectivity index (χ3v) is 3.46. The van der Waals surface area contributed by atoms with Crippen LogP contribution in [0.3, 0.4) is 0 Å². The van der Waals surface area contributed by atoms with Gasteiger partial charge in [0.15, 0.2) is 0 Å². The molecule has 0 radical (unpaired) electrons. The molecule has 0 aromatic carbocycles. The molecule has 1 heteroatoms. The molecule has 1 rings (SSSR count). The monoisotopic (exact) mass is 197 g/mol. The van der Waals surface area contributed by atoms with E-state index in [4.69, 9.17) is 0 Å². The van der Waals surface area contributed by atoms with Gasteiger partial charge in [0.05, 0.1) is 0 Å². The Kier molecular flexibility index (Phi) is 5.54. The molecule has 1 N–H and O–H groups in total. The molecule has 1 fully saturated rings. The van der Waals surface area contributed by atoms with Gasteiger partial charge in [0.2, 0.25) is 0 Å². The van der Waals surface area contributed by atoms with E-state index in [2.05, 4.69) is 26.1 Å². The Bertz CT molecular complexity index is 140. The summed E-state index contributed by atoms with van der Waals surface area (Å²) in [4.78, 5) is 0. The summed E-state index contributed by atoms with van der Waals surface area (Å²) in [5.74, 6) is 1.95. The molecular weight excluding hydrogens is 170 g/mol. The highest BCUT2D eigenvalue weighted by Gasteiger charge is 2.27. The lowest BCUT2D eigenvalue weighted by Gasteiger charge is -2.17. The van der Waals surface area contributed by atoms with Crippen LogP contribution in [0, 0.1) is 11.8 Å². The predicted octanol–water partition coefficient (Wildman–Crippen LogP) is 3.59. The Labute approximate surface area is 89.7 Å². The molecule has 84 valence electrons. The molecule has 2 unspecified atom stereocenters. The van der Waals surface area contributed by atoms with E-state index >= 15 is 0 Å². The molecule has 1 aliphatic carbocycles. The lowest BCUT2D eigenvalue weighted by molar-refractivity contribution is 0.408. The summed E-state index contributed by atoms with van der Waals surface area (Å²) >= 11 is 0. The summed E-state index contributed by atoms with van der Waals surface area (Å²) in [6, 6.07) is 0.725. The van der Waals surface area contributed by atoms with E-state index < -0.39 is 0 Å². The highest BCUT2D eigenvalue weighted by molar-refractivity contribution is 4.80. The highest BCUT2D eigenvalue weighted by Crippen LogP contribution is 2.36. The number of hydrogen-bond acceptors (Lipinski definition) is 1. The van der Waals surface area contributed by atoms with Gasteiger partial charge in [-0.05, 0) is 44.6 Å². The second-order valence-electron chi connectivity index (χ2n) is 5.12. The Morgan fingerprint density at radius 3 is 2.50 bits per heavy atom. The van der Waals surface area contributed by atoms with Gasteiger partial charge in [-0.2, -0.15) is 0 Å². The second kappa shape index (κ2) is 6.44. The van der Waals surface area contributed by atoms with Gasteiger partial charge in [-0.1, -0.05) is 33.1 Å². The quantitative estimate of drug-likeness (QED) is 0.586. The van der Waals surface area contributed by atoms with Crippen molar-refractivity contribution in [2.75, 3.05) is 6.54 Å². The van der Waals surface area contributed by atoms with E-state index in [9.17, 15) is 0 Å². The average Bonchev–Trinajstić information content (AvgIpc) is 2.98. The topological polar surface area (TPSA) is 12.0 Å². The maximum atomic E-state index is 3.66. The molecule has 0 amide bonds. The zero-order chi connectivity index (χ0) is 10.4. The maximum absolute atomic E-state index is 3.66. The van der Waals surface area contributed by atoms with Crippen LogP contribution in [0.1, 0.15) is 59.3 Å². The van der Waals surface area contributed by atoms with Crippen molar-refractivity contribution in [1.29, 1.82) is 0 Å². The number of unbranched alkanes of at least 4 members (excludes halogenated alkanes) is 2. The van der Waals surface area contributed by atoms with Crippen LogP contribution < -0.4 is 5.32 Å². The summed E-state index contributed by atoms with van der Waals surface area (Å²) < 4.78 is 0. The van der Waals surface area contributed by atoms with Gasteiger partial charge in [0, 0.05) is 6.04 Å². The molecule has 0 heterocycles. The standard InChI is InChI=1S/C13H27N/c1-4-5-6-7-12(3)14-10-11(2)13-8-9-13/h11-14H,4-10H2,1-3H3. The fraction of sp³-hybridized carbons (Fsp3) is 1.00. The molecule has 0 aromatic rings. The largest absolute Gasteiger partial charge is 0.314 e. The highest BCUT2D eigenvalue weighted by atomic mass is 14.9. The summed E-state index contributed by atoms with van der Waals surface area (Å²) in [6.07, 6.45) is 8.43. The Morgan fingerprint density at radius 1 is 1.21 bits per heavy atom. The number of hydrogen-bond donors (Lipinski definition) is 1. The molecule has 0 spiro atoms. The predicted molar refractivity (Wildman–Crippen MR) is 63.5 cm³/mol. The lowest BCUT2D eigenvalue weighted by Crippen LogP contribution is -2.30. The minimum atomic E-state index is 0.725. The van der Waals surface area contributed by atoms with Gasteiger partial charge < -0.3 is 5.32 Å². The van der Waals surface area contributed by atoms with Gasteiger partial charge in [0.1, 0.15) is 0 Å². The first kappa shape index (κ1) is 12.0. The summed E-state index contributed by atoms with van der Waals surface area (Å²) in [5, 5.41) is 3.66. The van der Waals surface area contributed by atoms with E-state index in [1.807, 2.05) is 0 Å². The lowest BCUT2D eigenvalue weighted by atomic mass is 10.1. The van der Waals surface area contributed by atoms with Gasteiger partial charge in [-0.15, -0.1) is 0 Å². The molecular formula is C13H27N. The number of nitrogens with one attached hydrogen (secondary N) is 1. The number of rotatable bonds is 8. The SMILES string of the molecule is CCCCCC(C)NCC(C)C1CC1. The van der Waals surface area contributed by atoms with Crippen molar-refractivity contribution in [3.63, 3.8) is 0 Å². The third-order valence-electron chi connectivity index (χ3n) is 3.46. The normalized spacial score (nSPS) is 20.8. The van der Waals surface area contributed by atoms with Crippen molar-refractivity contribution in [1.82, 2.24) is 5.32 Å². The fourth-order valence-electron chi connectivity index (χ4n) is 2.02. The molecule has 0 aromatic heterocycles. The van der Waals surface area contributed by atoms with Gasteiger partial charge in [-0.25, -0.2) is 0 Å². The van der Waals surface area contributed by atoms with E-state index in [-0.39, 0.29) is 0 Å². The molecule has 14 heavy (non-hydrogen) atoms. The zero-order valence-electron chi connectivity index (χ0n) is 10.2. The van der Waals surface area contributed by atoms with Crippen LogP contribution in [-0.4, -0.2) is 12.6 Å². The van der Waals surface area contributed by atoms with Crippen molar-refractivity contribution < 1.29 is 0 Å². The van der Waals surface area contributed by atoms with Crippen LogP contribution in [0.15, 0.2) is 0 Å². The van der Waals surface area contributed by atoms with Crippen molar-refractivity contribution >= 4 is 0 Å². The first-order valence-corrected chi connectivity index (χ1v) is 6.47. The molecule has 1 nitrogen and oxygen atoms in total. The molecule has 0 aliphatic heterocycles. The van der Waals surface area contributed by atoms with Crippen LogP contribution >= 0.6 is 0 Å². The van der Waals surface area contributed by atoms with Crippen molar-refractivity contribution in [3.8, 4) is 0 Å². The molecule has 1 aliphatic rings. The van der Waals surface area contributed by atoms with E-state index in [0.717, 1.165) is 17.9 Å². The summed E-state index contributed by atoms with van der Waals surface area (Å²) in [5.41, 5.74) is 0. The van der Waals surface area contributed by atoms with Gasteiger partial charge in [0.25, 0.3) is 0 Å². The fourth-order valence-corrected chi connectivity index (χ4v) is 2.02. The molecule has 1 saturated carbocycles. The summed E-state index contributed by atoms with van der Waals surface area (Å²) in [6.45, 7) is 8.23. The van der Waals surface area contributed by atoms with Crippen molar-refractivity contribution in [3.05, 3.63) is 0 Å². The smallest absolute Gasteiger partial charge is 0.00388 e. The van der Waals surface area contributed by atoms with Crippen molar-refractivity contribution in [2.45, 2.75) is 65.3 Å². The van der Waals surface area contributed by atoms with Crippen LogP contribution in [0.5, 0.6) is 0 Å². The maximum Gasteiger partial charge on any atom is 0.00388 e. The first-order valence-electron chi connectivity index (χ1n) is 6.47. The zero-order valence-corrected chi connectivity index (χ0v) is 10.2. The Hall–Kier alpha value is -0.0400. The van der Waals surface area contributed by atoms with Gasteiger partial charge >= 0.3 is 0 Å². The van der Waals surface area contributed by atoms with E-state index in [1.54, 1.807) is 0 Å². The second-order valence-corrected chi connectivity index (χ2v) is 5.12. The average molecular weight is 197 g/mol. The van der Waals surface area contributed by atoms with E-state index in [0.29, 0.717) is 0 Å². The van der Waals surface area contributed by atoms with Crippen LogP contribution in [0.4, 0.5) is 0 Å². The van der Waals surface area contributed by atoms with E-state index in [1.165, 1.54) is 45.1 Å². The third kappa shape index (κ3) is 4.99. The minimum Gasteiger partial charge on any atom is -0.314 e. The van der Waals surface area contributed by atoms with Crippen LogP contribution in [0.2, 0.25) is 0 Å². The Balaban J connectivity index is 1.93. The molecule has 0 bridgehead atoms. The van der Waals surface area contributed by atoms with Crippen LogP contribution in [0.25, 0.3) is 0 Å². The molecule has 0 saturated heterocycles. The van der Waals surface area contributed by atoms with Crippen molar-refractivity contribution in [2.24, 2.45) is 11.8 Å². The van der Waals surface area contributed by atoms with Gasteiger partial charge in [-0.3, -0.25) is 0 Å². The van der Waals surface area contributed by atoms with Crippen LogP contribution in [-0.2, 0) is 0 Å². The summed E-state index contributed by atoms with van der Waals surface area (Å²) in [7, 11) is 0.